The van der Waals surface area contributed by atoms with E-state index in [1.165, 1.54) is 0 Å². The van der Waals surface area contributed by atoms with Gasteiger partial charge in [0, 0.05) is 11.0 Å². The largest absolute Gasteiger partial charge is 0.481 e. The molecule has 0 spiro atoms. The lowest BCUT2D eigenvalue weighted by Crippen LogP contribution is -2.42. The Hall–Kier alpha value is -1.36. The van der Waals surface area contributed by atoms with Crippen LogP contribution in [-0.4, -0.2) is 23.5 Å². The van der Waals surface area contributed by atoms with E-state index in [1.807, 2.05) is 39.0 Å². The van der Waals surface area contributed by atoms with Crippen molar-refractivity contribution in [2.45, 2.75) is 40.0 Å². The second kappa shape index (κ2) is 7.59. The van der Waals surface area contributed by atoms with Gasteiger partial charge in [0.15, 0.2) is 0 Å². The van der Waals surface area contributed by atoms with Crippen LogP contribution in [0.1, 0.15) is 37.8 Å². The fourth-order valence-electron chi connectivity index (χ4n) is 2.24. The molecular formula is C16H22BrNO3. The zero-order valence-corrected chi connectivity index (χ0v) is 14.3. The number of carboxylic acid groups (broad SMARTS) is 1. The Morgan fingerprint density at radius 3 is 2.38 bits per heavy atom. The summed E-state index contributed by atoms with van der Waals surface area (Å²) in [5.41, 5.74) is 1.12. The van der Waals surface area contributed by atoms with Gasteiger partial charge in [-0.3, -0.25) is 9.59 Å². The summed E-state index contributed by atoms with van der Waals surface area (Å²) in [6.45, 7) is 5.79. The first-order valence-corrected chi connectivity index (χ1v) is 7.89. The van der Waals surface area contributed by atoms with Crippen molar-refractivity contribution in [3.05, 3.63) is 33.8 Å². The summed E-state index contributed by atoms with van der Waals surface area (Å²) < 4.78 is 0.978. The van der Waals surface area contributed by atoms with Crippen molar-refractivity contribution >= 4 is 27.8 Å². The molecule has 116 valence electrons. The van der Waals surface area contributed by atoms with E-state index in [4.69, 9.17) is 0 Å². The molecule has 0 atom stereocenters. The van der Waals surface area contributed by atoms with Crippen molar-refractivity contribution in [3.8, 4) is 0 Å². The standard InChI is InChI=1S/C16H22BrNO3/c1-4-16(5-2,15(20)21)10-18-14(19)9-12-6-7-13(17)8-11(12)3/h6-8H,4-5,9-10H2,1-3H3,(H,18,19)(H,20,21). The summed E-state index contributed by atoms with van der Waals surface area (Å²) in [7, 11) is 0. The third-order valence-electron chi connectivity index (χ3n) is 4.09. The van der Waals surface area contributed by atoms with Crippen LogP contribution in [0.3, 0.4) is 0 Å². The summed E-state index contributed by atoms with van der Waals surface area (Å²) in [5, 5.41) is 12.1. The molecule has 1 aromatic carbocycles. The zero-order chi connectivity index (χ0) is 16.0. The molecule has 21 heavy (non-hydrogen) atoms. The Morgan fingerprint density at radius 1 is 1.29 bits per heavy atom. The van der Waals surface area contributed by atoms with Gasteiger partial charge in [0.1, 0.15) is 0 Å². The molecule has 0 saturated carbocycles. The maximum Gasteiger partial charge on any atom is 0.311 e. The maximum atomic E-state index is 12.0. The highest BCUT2D eigenvalue weighted by molar-refractivity contribution is 9.10. The van der Waals surface area contributed by atoms with E-state index in [-0.39, 0.29) is 18.9 Å². The Balaban J connectivity index is 2.67. The molecule has 0 unspecified atom stereocenters. The summed E-state index contributed by atoms with van der Waals surface area (Å²) >= 11 is 3.39. The maximum absolute atomic E-state index is 12.0. The van der Waals surface area contributed by atoms with Crippen LogP contribution in [0.2, 0.25) is 0 Å². The SMILES string of the molecule is CCC(CC)(CNC(=O)Cc1ccc(Br)cc1C)C(=O)O. The van der Waals surface area contributed by atoms with Crippen LogP contribution in [-0.2, 0) is 16.0 Å². The average Bonchev–Trinajstić information content (AvgIpc) is 2.43. The quantitative estimate of drug-likeness (QED) is 0.788. The predicted octanol–water partition coefficient (Wildman–Crippen LogP) is 3.31. The van der Waals surface area contributed by atoms with Gasteiger partial charge in [0.05, 0.1) is 11.8 Å². The molecule has 2 N–H and O–H groups in total. The number of nitrogens with one attached hydrogen (secondary N) is 1. The molecule has 0 aliphatic heterocycles. The molecule has 0 fully saturated rings. The molecule has 0 heterocycles. The molecule has 0 bridgehead atoms. The topological polar surface area (TPSA) is 66.4 Å². The second-order valence-electron chi connectivity index (χ2n) is 5.32. The number of aliphatic carboxylic acids is 1. The van der Waals surface area contributed by atoms with Crippen LogP contribution in [0.25, 0.3) is 0 Å². The molecule has 1 rings (SSSR count). The molecule has 1 amide bonds. The van der Waals surface area contributed by atoms with Gasteiger partial charge in [-0.25, -0.2) is 0 Å². The van der Waals surface area contributed by atoms with Crippen LogP contribution in [0.4, 0.5) is 0 Å². The number of halogens is 1. The lowest BCUT2D eigenvalue weighted by Gasteiger charge is -2.26. The van der Waals surface area contributed by atoms with Crippen LogP contribution < -0.4 is 5.32 Å². The first-order valence-electron chi connectivity index (χ1n) is 7.09. The summed E-state index contributed by atoms with van der Waals surface area (Å²) in [6.07, 6.45) is 1.26. The van der Waals surface area contributed by atoms with E-state index in [1.54, 1.807) is 0 Å². The number of carbonyl (C=O) groups is 2. The Labute approximate surface area is 134 Å². The fraction of sp³-hybridized carbons (Fsp3) is 0.500. The van der Waals surface area contributed by atoms with Crippen LogP contribution >= 0.6 is 15.9 Å². The Kier molecular flexibility index (Phi) is 6.40. The van der Waals surface area contributed by atoms with Crippen molar-refractivity contribution in [1.82, 2.24) is 5.32 Å². The third-order valence-corrected chi connectivity index (χ3v) is 4.58. The molecule has 0 radical (unpaired) electrons. The van der Waals surface area contributed by atoms with Crippen molar-refractivity contribution in [2.24, 2.45) is 5.41 Å². The molecule has 0 aliphatic rings. The zero-order valence-electron chi connectivity index (χ0n) is 12.7. The minimum Gasteiger partial charge on any atom is -0.481 e. The predicted molar refractivity (Wildman–Crippen MR) is 86.2 cm³/mol. The normalized spacial score (nSPS) is 11.2. The number of carboxylic acids is 1. The highest BCUT2D eigenvalue weighted by atomic mass is 79.9. The molecule has 0 saturated heterocycles. The van der Waals surface area contributed by atoms with E-state index >= 15 is 0 Å². The highest BCUT2D eigenvalue weighted by Gasteiger charge is 2.35. The lowest BCUT2D eigenvalue weighted by molar-refractivity contribution is -0.149. The van der Waals surface area contributed by atoms with Gasteiger partial charge >= 0.3 is 5.97 Å². The number of hydrogen-bond donors (Lipinski definition) is 2. The van der Waals surface area contributed by atoms with Gasteiger partial charge in [-0.05, 0) is 43.0 Å². The smallest absolute Gasteiger partial charge is 0.311 e. The van der Waals surface area contributed by atoms with E-state index in [9.17, 15) is 14.7 Å². The third kappa shape index (κ3) is 4.56. The molecule has 0 aliphatic carbocycles. The van der Waals surface area contributed by atoms with E-state index in [0.29, 0.717) is 12.8 Å². The summed E-state index contributed by atoms with van der Waals surface area (Å²) in [5.74, 6) is -0.999. The minimum absolute atomic E-state index is 0.145. The minimum atomic E-state index is -0.871. The van der Waals surface area contributed by atoms with Crippen LogP contribution in [0.5, 0.6) is 0 Å². The lowest BCUT2D eigenvalue weighted by atomic mass is 9.82. The van der Waals surface area contributed by atoms with E-state index in [2.05, 4.69) is 21.2 Å². The van der Waals surface area contributed by atoms with E-state index < -0.39 is 11.4 Å². The van der Waals surface area contributed by atoms with Crippen molar-refractivity contribution in [2.75, 3.05) is 6.54 Å². The number of hydrogen-bond acceptors (Lipinski definition) is 2. The first-order chi connectivity index (χ1) is 9.84. The average molecular weight is 356 g/mol. The molecule has 1 aromatic rings. The van der Waals surface area contributed by atoms with Crippen molar-refractivity contribution in [1.29, 1.82) is 0 Å². The van der Waals surface area contributed by atoms with Gasteiger partial charge in [0.25, 0.3) is 0 Å². The van der Waals surface area contributed by atoms with Gasteiger partial charge in [-0.15, -0.1) is 0 Å². The number of rotatable bonds is 7. The fourth-order valence-corrected chi connectivity index (χ4v) is 2.71. The van der Waals surface area contributed by atoms with Gasteiger partial charge < -0.3 is 10.4 Å². The number of benzene rings is 1. The second-order valence-corrected chi connectivity index (χ2v) is 6.23. The highest BCUT2D eigenvalue weighted by Crippen LogP contribution is 2.25. The number of carbonyl (C=O) groups excluding carboxylic acids is 1. The Morgan fingerprint density at radius 2 is 1.90 bits per heavy atom. The molecule has 5 heteroatoms. The molecule has 4 nitrogen and oxygen atoms in total. The Bertz CT molecular complexity index is 524. The number of aryl methyl sites for hydroxylation is 1. The van der Waals surface area contributed by atoms with Gasteiger partial charge in [-0.1, -0.05) is 35.8 Å². The molecule has 0 aromatic heterocycles. The molecular weight excluding hydrogens is 334 g/mol. The van der Waals surface area contributed by atoms with Crippen molar-refractivity contribution < 1.29 is 14.7 Å². The van der Waals surface area contributed by atoms with Crippen molar-refractivity contribution in [3.63, 3.8) is 0 Å². The summed E-state index contributed by atoms with van der Waals surface area (Å²) in [4.78, 5) is 23.4. The number of amides is 1. The van der Waals surface area contributed by atoms with Gasteiger partial charge in [-0.2, -0.15) is 0 Å². The van der Waals surface area contributed by atoms with Crippen LogP contribution in [0.15, 0.2) is 22.7 Å². The van der Waals surface area contributed by atoms with Gasteiger partial charge in [0.2, 0.25) is 5.91 Å². The first kappa shape index (κ1) is 17.7. The van der Waals surface area contributed by atoms with E-state index in [0.717, 1.165) is 15.6 Å². The monoisotopic (exact) mass is 355 g/mol. The summed E-state index contributed by atoms with van der Waals surface area (Å²) in [6, 6.07) is 5.76. The van der Waals surface area contributed by atoms with Crippen LogP contribution in [0, 0.1) is 12.3 Å².